The molecule has 20 heavy (non-hydrogen) atoms. The van der Waals surface area contributed by atoms with Gasteiger partial charge in [0.25, 0.3) is 0 Å². The molecule has 8 heteroatoms. The van der Waals surface area contributed by atoms with Crippen LogP contribution in [0.25, 0.3) is 5.69 Å². The summed E-state index contributed by atoms with van der Waals surface area (Å²) in [5, 5.41) is 16.8. The van der Waals surface area contributed by atoms with E-state index >= 15 is 0 Å². The predicted molar refractivity (Wildman–Crippen MR) is 80.0 cm³/mol. The predicted octanol–water partition coefficient (Wildman–Crippen LogP) is 2.55. The number of anilines is 1. The van der Waals surface area contributed by atoms with Crippen molar-refractivity contribution in [2.45, 2.75) is 16.5 Å². The van der Waals surface area contributed by atoms with Gasteiger partial charge in [0.15, 0.2) is 4.34 Å². The Kier molecular flexibility index (Phi) is 3.66. The molecule has 0 aliphatic heterocycles. The average molecular weight is 304 g/mol. The van der Waals surface area contributed by atoms with Gasteiger partial charge >= 0.3 is 0 Å². The molecule has 0 radical (unpaired) electrons. The molecule has 2 N–H and O–H groups in total. The molecule has 1 atom stereocenters. The minimum atomic E-state index is 0.139. The molecule has 0 fully saturated rings. The van der Waals surface area contributed by atoms with Gasteiger partial charge in [-0.1, -0.05) is 46.5 Å². The lowest BCUT2D eigenvalue weighted by Crippen LogP contribution is -1.93. The number of nitrogens with zero attached hydrogens (tertiary/aromatic N) is 5. The maximum atomic E-state index is 5.57. The third-order valence-corrected chi connectivity index (χ3v) is 4.61. The molecule has 102 valence electrons. The van der Waals surface area contributed by atoms with E-state index in [4.69, 9.17) is 5.73 Å². The number of rotatable bonds is 4. The smallest absolute Gasteiger partial charge is 0.203 e. The van der Waals surface area contributed by atoms with E-state index in [0.717, 1.165) is 15.7 Å². The molecular formula is C12H12N6S2. The number of nitrogen functional groups attached to an aromatic ring is 1. The van der Waals surface area contributed by atoms with Crippen LogP contribution in [-0.2, 0) is 0 Å². The lowest BCUT2D eigenvalue weighted by molar-refractivity contribution is 0.797. The number of nitrogens with two attached hydrogens (primary N) is 1. The van der Waals surface area contributed by atoms with Crippen LogP contribution in [0, 0.1) is 0 Å². The Morgan fingerprint density at radius 1 is 1.20 bits per heavy atom. The normalized spacial score (nSPS) is 12.4. The number of hydrogen-bond donors (Lipinski definition) is 1. The average Bonchev–Trinajstić information content (AvgIpc) is 3.09. The molecule has 1 aromatic carbocycles. The molecule has 0 bridgehead atoms. The molecule has 0 aliphatic rings. The lowest BCUT2D eigenvalue weighted by atomic mass is 10.3. The summed E-state index contributed by atoms with van der Waals surface area (Å²) in [4.78, 5) is 0. The highest BCUT2D eigenvalue weighted by atomic mass is 32.2. The van der Waals surface area contributed by atoms with Gasteiger partial charge in [-0.15, -0.1) is 15.3 Å². The third kappa shape index (κ3) is 2.81. The van der Waals surface area contributed by atoms with Crippen LogP contribution < -0.4 is 5.73 Å². The fourth-order valence-electron chi connectivity index (χ4n) is 1.65. The number of hydrogen-bond acceptors (Lipinski definition) is 7. The van der Waals surface area contributed by atoms with Crippen molar-refractivity contribution in [3.63, 3.8) is 0 Å². The van der Waals surface area contributed by atoms with Crippen LogP contribution in [0.3, 0.4) is 0 Å². The van der Waals surface area contributed by atoms with Crippen molar-refractivity contribution in [3.8, 4) is 5.69 Å². The molecular weight excluding hydrogens is 292 g/mol. The van der Waals surface area contributed by atoms with E-state index in [1.165, 1.54) is 11.3 Å². The Hall–Kier alpha value is -1.93. The molecule has 0 spiro atoms. The van der Waals surface area contributed by atoms with Crippen LogP contribution in [0.2, 0.25) is 0 Å². The second-order valence-electron chi connectivity index (χ2n) is 4.09. The maximum absolute atomic E-state index is 5.57. The van der Waals surface area contributed by atoms with Crippen molar-refractivity contribution in [2.75, 3.05) is 5.73 Å². The topological polar surface area (TPSA) is 82.5 Å². The molecule has 3 rings (SSSR count). The highest BCUT2D eigenvalue weighted by Crippen LogP contribution is 2.35. The zero-order chi connectivity index (χ0) is 13.9. The first kappa shape index (κ1) is 13.1. The van der Waals surface area contributed by atoms with E-state index in [0.29, 0.717) is 5.13 Å². The zero-order valence-corrected chi connectivity index (χ0v) is 12.3. The van der Waals surface area contributed by atoms with Crippen molar-refractivity contribution in [2.24, 2.45) is 0 Å². The second-order valence-corrected chi connectivity index (χ2v) is 6.69. The monoisotopic (exact) mass is 304 g/mol. The van der Waals surface area contributed by atoms with E-state index in [1.54, 1.807) is 16.4 Å². The van der Waals surface area contributed by atoms with Crippen molar-refractivity contribution >= 4 is 28.2 Å². The molecule has 3 aromatic rings. The van der Waals surface area contributed by atoms with E-state index in [2.05, 4.69) is 27.4 Å². The summed E-state index contributed by atoms with van der Waals surface area (Å²) in [7, 11) is 0. The summed E-state index contributed by atoms with van der Waals surface area (Å²) in [6, 6.07) is 9.89. The number of benzene rings is 1. The Balaban J connectivity index is 1.76. The molecule has 0 saturated carbocycles. The van der Waals surface area contributed by atoms with Gasteiger partial charge in [-0.3, -0.25) is 0 Å². The second kappa shape index (κ2) is 5.59. The van der Waals surface area contributed by atoms with E-state index in [9.17, 15) is 0 Å². The van der Waals surface area contributed by atoms with Crippen LogP contribution in [-0.4, -0.2) is 25.2 Å². The first-order chi connectivity index (χ1) is 9.72. The minimum absolute atomic E-state index is 0.139. The van der Waals surface area contributed by atoms with Gasteiger partial charge < -0.3 is 5.73 Å². The van der Waals surface area contributed by atoms with Crippen LogP contribution in [0.1, 0.15) is 17.9 Å². The SMILES string of the molecule is C[C@@H](Sc1nnc(N)s1)c1cn(-c2ccccc2)nn1. The Morgan fingerprint density at radius 3 is 2.70 bits per heavy atom. The fraction of sp³-hybridized carbons (Fsp3) is 0.167. The van der Waals surface area contributed by atoms with Gasteiger partial charge in [-0.25, -0.2) is 4.68 Å². The van der Waals surface area contributed by atoms with Gasteiger partial charge in [0.1, 0.15) is 0 Å². The van der Waals surface area contributed by atoms with Crippen molar-refractivity contribution in [1.29, 1.82) is 0 Å². The van der Waals surface area contributed by atoms with Crippen LogP contribution in [0.5, 0.6) is 0 Å². The van der Waals surface area contributed by atoms with Crippen LogP contribution >= 0.6 is 23.1 Å². The van der Waals surface area contributed by atoms with Gasteiger partial charge in [-0.2, -0.15) is 0 Å². The first-order valence-electron chi connectivity index (χ1n) is 5.95. The van der Waals surface area contributed by atoms with Crippen LogP contribution in [0.15, 0.2) is 40.9 Å². The lowest BCUT2D eigenvalue weighted by Gasteiger charge is -2.03. The quantitative estimate of drug-likeness (QED) is 0.746. The molecule has 0 amide bonds. The third-order valence-electron chi connectivity index (χ3n) is 2.65. The number of aromatic nitrogens is 5. The van der Waals surface area contributed by atoms with E-state index in [-0.39, 0.29) is 5.25 Å². The highest BCUT2D eigenvalue weighted by molar-refractivity contribution is 8.01. The first-order valence-corrected chi connectivity index (χ1v) is 7.65. The standard InChI is InChI=1S/C12H12N6S2/c1-8(19-12-16-15-11(13)20-12)10-7-18(17-14-10)9-5-3-2-4-6-9/h2-8H,1H3,(H2,13,15)/t8-/m1/s1. The van der Waals surface area contributed by atoms with E-state index < -0.39 is 0 Å². The largest absolute Gasteiger partial charge is 0.374 e. The van der Waals surface area contributed by atoms with Gasteiger partial charge in [0.05, 0.1) is 22.8 Å². The zero-order valence-electron chi connectivity index (χ0n) is 10.7. The maximum Gasteiger partial charge on any atom is 0.203 e. The molecule has 6 nitrogen and oxygen atoms in total. The summed E-state index contributed by atoms with van der Waals surface area (Å²) >= 11 is 2.95. The molecule has 0 unspecified atom stereocenters. The summed E-state index contributed by atoms with van der Waals surface area (Å²) in [5.74, 6) is 0. The Bertz CT molecular complexity index is 693. The highest BCUT2D eigenvalue weighted by Gasteiger charge is 2.14. The fourth-order valence-corrected chi connectivity index (χ4v) is 3.49. The molecule has 2 heterocycles. The summed E-state index contributed by atoms with van der Waals surface area (Å²) in [5.41, 5.74) is 7.46. The molecule has 2 aromatic heterocycles. The van der Waals surface area contributed by atoms with Gasteiger partial charge in [-0.05, 0) is 19.1 Å². The summed E-state index contributed by atoms with van der Waals surface area (Å²) in [6.45, 7) is 2.06. The Labute approximate surface area is 124 Å². The van der Waals surface area contributed by atoms with Gasteiger partial charge in [0.2, 0.25) is 5.13 Å². The molecule has 0 saturated heterocycles. The number of thioether (sulfide) groups is 1. The molecule has 0 aliphatic carbocycles. The van der Waals surface area contributed by atoms with Crippen LogP contribution in [0.4, 0.5) is 5.13 Å². The van der Waals surface area contributed by atoms with Crippen molar-refractivity contribution in [1.82, 2.24) is 25.2 Å². The summed E-state index contributed by atoms with van der Waals surface area (Å²) in [6.07, 6.45) is 1.93. The van der Waals surface area contributed by atoms with Crippen molar-refractivity contribution < 1.29 is 0 Å². The minimum Gasteiger partial charge on any atom is -0.374 e. The summed E-state index contributed by atoms with van der Waals surface area (Å²) < 4.78 is 2.60. The number of para-hydroxylation sites is 1. The van der Waals surface area contributed by atoms with Crippen molar-refractivity contribution in [3.05, 3.63) is 42.2 Å². The Morgan fingerprint density at radius 2 is 2.00 bits per heavy atom. The van der Waals surface area contributed by atoms with E-state index in [1.807, 2.05) is 36.5 Å². The van der Waals surface area contributed by atoms with Gasteiger partial charge in [0, 0.05) is 0 Å².